The molecule has 47 heavy (non-hydrogen) atoms. The predicted octanol–water partition coefficient (Wildman–Crippen LogP) is 8.75. The lowest BCUT2D eigenvalue weighted by Crippen LogP contribution is -2.39. The molecule has 5 aromatic carbocycles. The van der Waals surface area contributed by atoms with Gasteiger partial charge in [0.15, 0.2) is 5.54 Å². The van der Waals surface area contributed by atoms with E-state index in [2.05, 4.69) is 108 Å². The summed E-state index contributed by atoms with van der Waals surface area (Å²) in [4.78, 5) is 6.34. The smallest absolute Gasteiger partial charge is 0.205 e. The molecule has 0 radical (unpaired) electrons. The Labute approximate surface area is 275 Å². The van der Waals surface area contributed by atoms with Crippen LogP contribution < -0.4 is 4.74 Å². The Morgan fingerprint density at radius 2 is 1.17 bits per heavy atom. The van der Waals surface area contributed by atoms with Gasteiger partial charge in [-0.2, -0.15) is 0 Å². The highest BCUT2D eigenvalue weighted by molar-refractivity contribution is 5.81. The molecule has 7 rings (SSSR count). The maximum atomic E-state index is 6.35. The molecule has 2 heterocycles. The van der Waals surface area contributed by atoms with Crippen molar-refractivity contribution in [3.8, 4) is 28.3 Å². The molecule has 0 saturated heterocycles. The molecule has 2 aromatic heterocycles. The summed E-state index contributed by atoms with van der Waals surface area (Å²) in [5.41, 5.74) is 9.15. The van der Waals surface area contributed by atoms with Crippen molar-refractivity contribution in [3.05, 3.63) is 185 Å². The molecule has 0 aliphatic rings. The molecule has 0 aliphatic carbocycles. The number of tetrazole rings is 1. The maximum absolute atomic E-state index is 6.35. The molecule has 0 unspecified atom stereocenters. The first-order valence-corrected chi connectivity index (χ1v) is 15.8. The molecule has 0 N–H and O–H groups in total. The molecule has 0 amide bonds. The third-order valence-corrected chi connectivity index (χ3v) is 8.69. The first kappa shape index (κ1) is 29.8. The third kappa shape index (κ3) is 5.70. The first-order valence-electron chi connectivity index (χ1n) is 15.8. The number of hydrogen-bond donors (Lipinski definition) is 0. The van der Waals surface area contributed by atoms with Gasteiger partial charge in [-0.15, -0.1) is 15.0 Å². The van der Waals surface area contributed by atoms with Crippen LogP contribution in [0.1, 0.15) is 39.2 Å². The number of hydrogen-bond acceptors (Lipinski definition) is 5. The Balaban J connectivity index is 1.38. The summed E-state index contributed by atoms with van der Waals surface area (Å²) < 4.78 is 6.35. The van der Waals surface area contributed by atoms with Crippen molar-refractivity contribution in [2.24, 2.45) is 0 Å². The van der Waals surface area contributed by atoms with E-state index in [-0.39, 0.29) is 0 Å². The fourth-order valence-electron chi connectivity index (χ4n) is 6.25. The summed E-state index contributed by atoms with van der Waals surface area (Å²) in [6, 6.07) is 49.8. The molecule has 6 nitrogen and oxygen atoms in total. The standard InChI is InChI=1S/C41H35N5O/c1-29-26-39(30(2)31(3)42-29)47-28-32-24-25-37(33-16-8-4-9-17-33)38(27-32)40-43-45-46(44-40)41(34-18-10-5-11-19-34,35-20-12-6-13-21-35)36-22-14-7-15-23-36/h4-27H,28H2,1-3H3. The van der Waals surface area contributed by atoms with Gasteiger partial charge >= 0.3 is 0 Å². The molecule has 0 atom stereocenters. The zero-order chi connectivity index (χ0) is 32.2. The van der Waals surface area contributed by atoms with E-state index in [9.17, 15) is 0 Å². The number of benzene rings is 5. The number of aromatic nitrogens is 5. The van der Waals surface area contributed by atoms with Crippen molar-refractivity contribution in [3.63, 3.8) is 0 Å². The summed E-state index contributed by atoms with van der Waals surface area (Å²) in [6.45, 7) is 6.43. The Morgan fingerprint density at radius 3 is 1.74 bits per heavy atom. The van der Waals surface area contributed by atoms with E-state index in [1.807, 2.05) is 63.2 Å². The van der Waals surface area contributed by atoms with E-state index in [1.54, 1.807) is 4.80 Å². The van der Waals surface area contributed by atoms with Crippen LogP contribution in [-0.4, -0.2) is 25.2 Å². The van der Waals surface area contributed by atoms with E-state index in [1.165, 1.54) is 0 Å². The van der Waals surface area contributed by atoms with Crippen LogP contribution in [0.5, 0.6) is 5.75 Å². The number of ether oxygens (including phenoxy) is 1. The van der Waals surface area contributed by atoms with Gasteiger partial charge in [-0.1, -0.05) is 133 Å². The van der Waals surface area contributed by atoms with Gasteiger partial charge in [-0.3, -0.25) is 4.98 Å². The fraction of sp³-hybridized carbons (Fsp3) is 0.122. The lowest BCUT2D eigenvalue weighted by molar-refractivity contribution is 0.303. The SMILES string of the molecule is Cc1cc(OCc2ccc(-c3ccccc3)c(-c3nnn(C(c4ccccc4)(c4ccccc4)c4ccccc4)n3)c2)c(C)c(C)n1. The molecular weight excluding hydrogens is 578 g/mol. The van der Waals surface area contributed by atoms with Crippen LogP contribution in [0.15, 0.2) is 146 Å². The molecule has 7 aromatic rings. The molecule has 6 heteroatoms. The van der Waals surface area contributed by atoms with Gasteiger partial charge in [0.25, 0.3) is 0 Å². The first-order chi connectivity index (χ1) is 23.0. The second-order valence-electron chi connectivity index (χ2n) is 11.7. The largest absolute Gasteiger partial charge is 0.488 e. The molecule has 0 saturated carbocycles. The molecule has 0 bridgehead atoms. The predicted molar refractivity (Wildman–Crippen MR) is 186 cm³/mol. The van der Waals surface area contributed by atoms with Gasteiger partial charge in [-0.25, -0.2) is 0 Å². The van der Waals surface area contributed by atoms with Crippen molar-refractivity contribution in [1.29, 1.82) is 0 Å². The molecule has 0 spiro atoms. The van der Waals surface area contributed by atoms with Crippen molar-refractivity contribution in [2.45, 2.75) is 32.9 Å². The maximum Gasteiger partial charge on any atom is 0.205 e. The minimum atomic E-state index is -0.864. The quantitative estimate of drug-likeness (QED) is 0.152. The van der Waals surface area contributed by atoms with Gasteiger partial charge in [0.2, 0.25) is 5.82 Å². The zero-order valence-electron chi connectivity index (χ0n) is 26.7. The van der Waals surface area contributed by atoms with Crippen LogP contribution in [0.4, 0.5) is 0 Å². The average Bonchev–Trinajstić information content (AvgIpc) is 3.62. The lowest BCUT2D eigenvalue weighted by Gasteiger charge is -2.34. The van der Waals surface area contributed by atoms with Crippen LogP contribution in [-0.2, 0) is 12.1 Å². The minimum absolute atomic E-state index is 0.391. The van der Waals surface area contributed by atoms with Crippen LogP contribution in [0.25, 0.3) is 22.5 Å². The Bertz CT molecular complexity index is 2010. The molecule has 0 aliphatic heterocycles. The zero-order valence-corrected chi connectivity index (χ0v) is 26.7. The van der Waals surface area contributed by atoms with Crippen LogP contribution in [0.2, 0.25) is 0 Å². The summed E-state index contributed by atoms with van der Waals surface area (Å²) in [5.74, 6) is 1.37. The van der Waals surface area contributed by atoms with Gasteiger partial charge < -0.3 is 4.74 Å². The van der Waals surface area contributed by atoms with E-state index in [0.717, 1.165) is 61.6 Å². The van der Waals surface area contributed by atoms with E-state index < -0.39 is 5.54 Å². The second-order valence-corrected chi connectivity index (χ2v) is 11.7. The summed E-state index contributed by atoms with van der Waals surface area (Å²) in [5, 5.41) is 14.8. The number of pyridine rings is 1. The monoisotopic (exact) mass is 613 g/mol. The Kier molecular flexibility index (Phi) is 8.15. The summed E-state index contributed by atoms with van der Waals surface area (Å²) in [6.07, 6.45) is 0. The Morgan fingerprint density at radius 1 is 0.617 bits per heavy atom. The fourth-order valence-corrected chi connectivity index (χ4v) is 6.25. The van der Waals surface area contributed by atoms with Gasteiger partial charge in [-0.05, 0) is 65.4 Å². The topological polar surface area (TPSA) is 65.7 Å². The Hall–Kier alpha value is -5.88. The molecule has 0 fully saturated rings. The van der Waals surface area contributed by atoms with Crippen LogP contribution in [0, 0.1) is 20.8 Å². The lowest BCUT2D eigenvalue weighted by atomic mass is 9.77. The van der Waals surface area contributed by atoms with E-state index >= 15 is 0 Å². The van der Waals surface area contributed by atoms with Crippen LogP contribution >= 0.6 is 0 Å². The van der Waals surface area contributed by atoms with Crippen LogP contribution in [0.3, 0.4) is 0 Å². The van der Waals surface area contributed by atoms with Gasteiger partial charge in [0.1, 0.15) is 12.4 Å². The van der Waals surface area contributed by atoms with E-state index in [0.29, 0.717) is 12.4 Å². The average molecular weight is 614 g/mol. The minimum Gasteiger partial charge on any atom is -0.488 e. The van der Waals surface area contributed by atoms with Crippen molar-refractivity contribution >= 4 is 0 Å². The number of aryl methyl sites for hydroxylation is 2. The van der Waals surface area contributed by atoms with Gasteiger partial charge in [0.05, 0.1) is 0 Å². The molecule has 230 valence electrons. The number of nitrogens with zero attached hydrogens (tertiary/aromatic N) is 5. The normalized spacial score (nSPS) is 11.4. The van der Waals surface area contributed by atoms with Crippen molar-refractivity contribution < 1.29 is 4.74 Å². The summed E-state index contributed by atoms with van der Waals surface area (Å²) in [7, 11) is 0. The third-order valence-electron chi connectivity index (χ3n) is 8.69. The highest BCUT2D eigenvalue weighted by Gasteiger charge is 2.41. The highest BCUT2D eigenvalue weighted by Crippen LogP contribution is 2.40. The van der Waals surface area contributed by atoms with Crippen molar-refractivity contribution in [2.75, 3.05) is 0 Å². The number of rotatable bonds is 9. The highest BCUT2D eigenvalue weighted by atomic mass is 16.5. The van der Waals surface area contributed by atoms with E-state index in [4.69, 9.17) is 20.1 Å². The van der Waals surface area contributed by atoms with Crippen molar-refractivity contribution in [1.82, 2.24) is 25.2 Å². The summed E-state index contributed by atoms with van der Waals surface area (Å²) >= 11 is 0. The molecular formula is C41H35N5O. The van der Waals surface area contributed by atoms with Gasteiger partial charge in [0, 0.05) is 28.6 Å². The second kappa shape index (κ2) is 12.9.